The fraction of sp³-hybridized carbons (Fsp3) is 0.364. The van der Waals surface area contributed by atoms with E-state index in [2.05, 4.69) is 16.3 Å². The number of carbonyl (C=O) groups is 1. The highest BCUT2D eigenvalue weighted by molar-refractivity contribution is 7.22. The van der Waals surface area contributed by atoms with Crippen LogP contribution in [0.2, 0.25) is 0 Å². The Morgan fingerprint density at radius 2 is 2.04 bits per heavy atom. The Hall–Kier alpha value is -2.60. The molecule has 4 rings (SSSR count). The maximum atomic E-state index is 12.7. The molecular weight excluding hydrogens is 370 g/mol. The fourth-order valence-electron chi connectivity index (χ4n) is 3.62. The number of hydrogen-bond acceptors (Lipinski definition) is 5. The molecule has 6 heteroatoms. The normalized spacial score (nSPS) is 15.0. The Balaban J connectivity index is 1.35. The van der Waals surface area contributed by atoms with Crippen LogP contribution in [-0.4, -0.2) is 30.6 Å². The summed E-state index contributed by atoms with van der Waals surface area (Å²) in [5.41, 5.74) is 2.91. The molecule has 146 valence electrons. The second kappa shape index (κ2) is 8.19. The number of aryl methyl sites for hydroxylation is 1. The minimum Gasteiger partial charge on any atom is -0.494 e. The van der Waals surface area contributed by atoms with E-state index in [1.807, 2.05) is 50.2 Å². The molecule has 5 nitrogen and oxygen atoms in total. The molecule has 0 unspecified atom stereocenters. The molecule has 3 aromatic rings. The van der Waals surface area contributed by atoms with E-state index in [1.165, 1.54) is 4.70 Å². The number of thiazole rings is 1. The van der Waals surface area contributed by atoms with Gasteiger partial charge in [-0.3, -0.25) is 4.79 Å². The number of hydrogen-bond donors (Lipinski definition) is 1. The third kappa shape index (κ3) is 3.97. The first kappa shape index (κ1) is 18.7. The van der Waals surface area contributed by atoms with Gasteiger partial charge in [-0.05, 0) is 62.6 Å². The van der Waals surface area contributed by atoms with Crippen molar-refractivity contribution in [2.24, 2.45) is 5.92 Å². The van der Waals surface area contributed by atoms with Crippen molar-refractivity contribution in [2.75, 3.05) is 29.9 Å². The number of para-hydroxylation sites is 1. The summed E-state index contributed by atoms with van der Waals surface area (Å²) in [5.74, 6) is 1.01. The summed E-state index contributed by atoms with van der Waals surface area (Å²) in [7, 11) is 0. The van der Waals surface area contributed by atoms with E-state index >= 15 is 0 Å². The number of anilines is 2. The van der Waals surface area contributed by atoms with E-state index in [4.69, 9.17) is 9.72 Å². The van der Waals surface area contributed by atoms with Gasteiger partial charge in [0.25, 0.3) is 0 Å². The number of carbonyl (C=O) groups excluding carboxylic acids is 1. The molecular formula is C22H25N3O2S. The Morgan fingerprint density at radius 1 is 1.25 bits per heavy atom. The van der Waals surface area contributed by atoms with Gasteiger partial charge in [0.2, 0.25) is 5.91 Å². The maximum absolute atomic E-state index is 12.7. The van der Waals surface area contributed by atoms with E-state index in [0.717, 1.165) is 53.6 Å². The van der Waals surface area contributed by atoms with Crippen molar-refractivity contribution in [2.45, 2.75) is 26.7 Å². The summed E-state index contributed by atoms with van der Waals surface area (Å²) in [6.45, 7) is 6.33. The standard InChI is InChI=1S/C22H25N3O2S/c1-3-27-19-9-8-17(14-15(19)2)23-21(26)16-10-12-25(13-11-16)22-24-18-6-4-5-7-20(18)28-22/h4-9,14,16H,3,10-13H2,1-2H3,(H,23,26). The second-order valence-electron chi connectivity index (χ2n) is 7.13. The Morgan fingerprint density at radius 3 is 2.75 bits per heavy atom. The average molecular weight is 396 g/mol. The van der Waals surface area contributed by atoms with Crippen molar-refractivity contribution < 1.29 is 9.53 Å². The van der Waals surface area contributed by atoms with E-state index in [-0.39, 0.29) is 11.8 Å². The monoisotopic (exact) mass is 395 g/mol. The first-order chi connectivity index (χ1) is 13.6. The van der Waals surface area contributed by atoms with Crippen LogP contribution < -0.4 is 15.0 Å². The number of ether oxygens (including phenoxy) is 1. The van der Waals surface area contributed by atoms with Gasteiger partial charge in [-0.2, -0.15) is 0 Å². The zero-order chi connectivity index (χ0) is 19.5. The van der Waals surface area contributed by atoms with Crippen molar-refractivity contribution in [3.8, 4) is 5.75 Å². The van der Waals surface area contributed by atoms with Gasteiger partial charge >= 0.3 is 0 Å². The van der Waals surface area contributed by atoms with Crippen LogP contribution in [0.3, 0.4) is 0 Å². The summed E-state index contributed by atoms with van der Waals surface area (Å²) < 4.78 is 6.78. The summed E-state index contributed by atoms with van der Waals surface area (Å²) in [6.07, 6.45) is 1.69. The smallest absolute Gasteiger partial charge is 0.227 e. The van der Waals surface area contributed by atoms with E-state index in [0.29, 0.717) is 6.61 Å². The number of aromatic nitrogens is 1. The zero-order valence-electron chi connectivity index (χ0n) is 16.3. The minimum atomic E-state index is 0.0394. The molecule has 1 fully saturated rings. The molecule has 2 heterocycles. The molecule has 0 aliphatic carbocycles. The van der Waals surface area contributed by atoms with Crippen molar-refractivity contribution in [1.29, 1.82) is 0 Å². The number of piperidine rings is 1. The molecule has 2 aromatic carbocycles. The van der Waals surface area contributed by atoms with Crippen LogP contribution in [-0.2, 0) is 4.79 Å². The number of fused-ring (bicyclic) bond motifs is 1. The maximum Gasteiger partial charge on any atom is 0.227 e. The van der Waals surface area contributed by atoms with Crippen molar-refractivity contribution >= 4 is 38.3 Å². The van der Waals surface area contributed by atoms with Gasteiger partial charge in [0, 0.05) is 24.7 Å². The van der Waals surface area contributed by atoms with Gasteiger partial charge in [0.05, 0.1) is 16.8 Å². The lowest BCUT2D eigenvalue weighted by molar-refractivity contribution is -0.120. The molecule has 0 atom stereocenters. The SMILES string of the molecule is CCOc1ccc(NC(=O)C2CCN(c3nc4ccccc4s3)CC2)cc1C. The highest BCUT2D eigenvalue weighted by atomic mass is 32.1. The Kier molecular flexibility index (Phi) is 5.48. The lowest BCUT2D eigenvalue weighted by atomic mass is 9.96. The molecule has 1 aliphatic rings. The fourth-order valence-corrected chi connectivity index (χ4v) is 4.63. The predicted molar refractivity (Wildman–Crippen MR) is 116 cm³/mol. The first-order valence-corrected chi connectivity index (χ1v) is 10.6. The van der Waals surface area contributed by atoms with E-state index in [1.54, 1.807) is 11.3 Å². The van der Waals surface area contributed by atoms with Gasteiger partial charge in [-0.1, -0.05) is 23.5 Å². The number of nitrogens with zero attached hydrogens (tertiary/aromatic N) is 2. The van der Waals surface area contributed by atoms with Crippen molar-refractivity contribution in [3.63, 3.8) is 0 Å². The second-order valence-corrected chi connectivity index (χ2v) is 8.14. The molecule has 0 radical (unpaired) electrons. The number of rotatable bonds is 5. The van der Waals surface area contributed by atoms with Gasteiger partial charge < -0.3 is 15.0 Å². The van der Waals surface area contributed by atoms with Crippen LogP contribution in [0.5, 0.6) is 5.75 Å². The third-order valence-corrected chi connectivity index (χ3v) is 6.26. The van der Waals surface area contributed by atoms with Gasteiger partial charge in [0.15, 0.2) is 5.13 Å². The predicted octanol–water partition coefficient (Wildman–Crippen LogP) is 4.86. The summed E-state index contributed by atoms with van der Waals surface area (Å²) >= 11 is 1.73. The van der Waals surface area contributed by atoms with Crippen molar-refractivity contribution in [1.82, 2.24) is 4.98 Å². The zero-order valence-corrected chi connectivity index (χ0v) is 17.1. The Labute approximate surface area is 169 Å². The molecule has 1 amide bonds. The third-order valence-electron chi connectivity index (χ3n) is 5.16. The average Bonchev–Trinajstić information content (AvgIpc) is 3.14. The topological polar surface area (TPSA) is 54.5 Å². The molecule has 1 saturated heterocycles. The van der Waals surface area contributed by atoms with Crippen LogP contribution in [0.4, 0.5) is 10.8 Å². The summed E-state index contributed by atoms with van der Waals surface area (Å²) in [6, 6.07) is 14.0. The lowest BCUT2D eigenvalue weighted by Crippen LogP contribution is -2.38. The quantitative estimate of drug-likeness (QED) is 0.670. The van der Waals surface area contributed by atoms with Crippen LogP contribution in [0.1, 0.15) is 25.3 Å². The summed E-state index contributed by atoms with van der Waals surface area (Å²) in [4.78, 5) is 19.7. The molecule has 0 bridgehead atoms. The van der Waals surface area contributed by atoms with Gasteiger partial charge in [0.1, 0.15) is 5.75 Å². The lowest BCUT2D eigenvalue weighted by Gasteiger charge is -2.31. The van der Waals surface area contributed by atoms with Crippen LogP contribution in [0.25, 0.3) is 10.2 Å². The van der Waals surface area contributed by atoms with E-state index in [9.17, 15) is 4.79 Å². The number of nitrogens with one attached hydrogen (secondary N) is 1. The van der Waals surface area contributed by atoms with E-state index < -0.39 is 0 Å². The number of amides is 1. The molecule has 1 aromatic heterocycles. The first-order valence-electron chi connectivity index (χ1n) is 9.79. The molecule has 0 saturated carbocycles. The van der Waals surface area contributed by atoms with Crippen molar-refractivity contribution in [3.05, 3.63) is 48.0 Å². The van der Waals surface area contributed by atoms with Crippen LogP contribution in [0.15, 0.2) is 42.5 Å². The minimum absolute atomic E-state index is 0.0394. The molecule has 28 heavy (non-hydrogen) atoms. The molecule has 1 N–H and O–H groups in total. The Bertz CT molecular complexity index is 944. The largest absolute Gasteiger partial charge is 0.494 e. The highest BCUT2D eigenvalue weighted by Crippen LogP contribution is 2.31. The van der Waals surface area contributed by atoms with Gasteiger partial charge in [-0.15, -0.1) is 0 Å². The van der Waals surface area contributed by atoms with Crippen LogP contribution in [0, 0.1) is 12.8 Å². The summed E-state index contributed by atoms with van der Waals surface area (Å²) in [5, 5.41) is 4.13. The van der Waals surface area contributed by atoms with Gasteiger partial charge in [-0.25, -0.2) is 4.98 Å². The van der Waals surface area contributed by atoms with Crippen LogP contribution >= 0.6 is 11.3 Å². The molecule has 1 aliphatic heterocycles. The highest BCUT2D eigenvalue weighted by Gasteiger charge is 2.26. The molecule has 0 spiro atoms. The number of benzene rings is 2.